The van der Waals surface area contributed by atoms with E-state index in [0.29, 0.717) is 6.04 Å². The van der Waals surface area contributed by atoms with Crippen molar-refractivity contribution in [3.63, 3.8) is 0 Å². The first-order valence-electron chi connectivity index (χ1n) is 7.64. The first-order chi connectivity index (χ1) is 8.68. The van der Waals surface area contributed by atoms with Gasteiger partial charge in [0, 0.05) is 6.04 Å². The molecule has 0 unspecified atom stereocenters. The summed E-state index contributed by atoms with van der Waals surface area (Å²) in [6, 6.07) is 0.567. The van der Waals surface area contributed by atoms with Gasteiger partial charge in [0.1, 0.15) is 0 Å². The molecule has 3 nitrogen and oxygen atoms in total. The molecule has 2 N–H and O–H groups in total. The van der Waals surface area contributed by atoms with Crippen LogP contribution in [0.15, 0.2) is 0 Å². The summed E-state index contributed by atoms with van der Waals surface area (Å²) in [6.45, 7) is 17.3. The zero-order valence-electron chi connectivity index (χ0n) is 14.2. The van der Waals surface area contributed by atoms with Gasteiger partial charge in [-0.3, -0.25) is 0 Å². The molecule has 0 aliphatic rings. The van der Waals surface area contributed by atoms with E-state index in [9.17, 15) is 0 Å². The van der Waals surface area contributed by atoms with E-state index in [1.807, 2.05) is 7.05 Å². The lowest BCUT2D eigenvalue weighted by Gasteiger charge is -2.29. The van der Waals surface area contributed by atoms with Crippen molar-refractivity contribution < 1.29 is 4.74 Å². The van der Waals surface area contributed by atoms with Crippen LogP contribution in [0.3, 0.4) is 0 Å². The Labute approximate surface area is 120 Å². The molecule has 0 aliphatic carbocycles. The van der Waals surface area contributed by atoms with Crippen LogP contribution < -0.4 is 10.6 Å². The van der Waals surface area contributed by atoms with Gasteiger partial charge in [0.2, 0.25) is 0 Å². The molecule has 0 radical (unpaired) electrons. The Morgan fingerprint density at radius 3 is 1.79 bits per heavy atom. The molecule has 0 spiro atoms. The maximum Gasteiger partial charge on any atom is 0.0517 e. The van der Waals surface area contributed by atoms with Gasteiger partial charge in [-0.25, -0.2) is 0 Å². The maximum atomic E-state index is 5.96. The van der Waals surface area contributed by atoms with Crippen molar-refractivity contribution in [2.45, 2.75) is 60.4 Å². The topological polar surface area (TPSA) is 33.3 Å². The van der Waals surface area contributed by atoms with Crippen LogP contribution >= 0.6 is 0 Å². The molecule has 0 atom stereocenters. The largest absolute Gasteiger partial charge is 0.380 e. The maximum absolute atomic E-state index is 5.96. The van der Waals surface area contributed by atoms with Crippen molar-refractivity contribution in [1.82, 2.24) is 10.6 Å². The van der Waals surface area contributed by atoms with E-state index in [0.717, 1.165) is 39.1 Å². The number of hydrogen-bond acceptors (Lipinski definition) is 3. The minimum Gasteiger partial charge on any atom is -0.380 e. The summed E-state index contributed by atoms with van der Waals surface area (Å²) < 4.78 is 5.96. The van der Waals surface area contributed by atoms with Crippen molar-refractivity contribution in [1.29, 1.82) is 0 Å². The highest BCUT2D eigenvalue weighted by molar-refractivity contribution is 4.73. The molecule has 19 heavy (non-hydrogen) atoms. The normalized spacial score (nSPS) is 13.3. The van der Waals surface area contributed by atoms with Gasteiger partial charge < -0.3 is 15.4 Å². The van der Waals surface area contributed by atoms with Crippen LogP contribution in [-0.4, -0.2) is 39.4 Å². The molecule has 3 heteroatoms. The first kappa shape index (κ1) is 18.9. The molecule has 0 saturated carbocycles. The molecule has 0 aliphatic heterocycles. The van der Waals surface area contributed by atoms with Crippen molar-refractivity contribution in [3.8, 4) is 0 Å². The summed E-state index contributed by atoms with van der Waals surface area (Å²) in [5.41, 5.74) is 0.510. The van der Waals surface area contributed by atoms with Gasteiger partial charge >= 0.3 is 0 Å². The van der Waals surface area contributed by atoms with Crippen molar-refractivity contribution in [2.75, 3.05) is 33.4 Å². The Balaban J connectivity index is 3.84. The summed E-state index contributed by atoms with van der Waals surface area (Å²) in [5.74, 6) is 0. The Morgan fingerprint density at radius 1 is 0.895 bits per heavy atom. The third-order valence-corrected chi connectivity index (χ3v) is 3.39. The second kappa shape index (κ2) is 8.93. The second-order valence-corrected chi connectivity index (χ2v) is 7.53. The Bertz CT molecular complexity index is 225. The highest BCUT2D eigenvalue weighted by Gasteiger charge is 2.22. The van der Waals surface area contributed by atoms with Crippen LogP contribution in [0.2, 0.25) is 0 Å². The van der Waals surface area contributed by atoms with E-state index >= 15 is 0 Å². The van der Waals surface area contributed by atoms with Gasteiger partial charge in [0.25, 0.3) is 0 Å². The number of nitrogens with one attached hydrogen (secondary N) is 2. The lowest BCUT2D eigenvalue weighted by molar-refractivity contribution is 0.00999. The fraction of sp³-hybridized carbons (Fsp3) is 1.00. The van der Waals surface area contributed by atoms with Crippen LogP contribution in [0.1, 0.15) is 54.4 Å². The van der Waals surface area contributed by atoms with Crippen LogP contribution in [0.5, 0.6) is 0 Å². The van der Waals surface area contributed by atoms with E-state index < -0.39 is 0 Å². The predicted octanol–water partition coefficient (Wildman–Crippen LogP) is 3.05. The summed E-state index contributed by atoms with van der Waals surface area (Å²) in [5, 5.41) is 6.68. The Morgan fingerprint density at radius 2 is 1.37 bits per heavy atom. The predicted molar refractivity (Wildman–Crippen MR) is 84.7 cm³/mol. The standard InChI is InChI=1S/C16H36N2O/c1-14(2)18-11-9-16(5,6)13-19-12-15(3,4)8-10-17-7/h14,17-18H,8-13H2,1-7H3. The minimum atomic E-state index is 0.251. The van der Waals surface area contributed by atoms with E-state index in [2.05, 4.69) is 52.2 Å². The number of hydrogen-bond donors (Lipinski definition) is 2. The highest BCUT2D eigenvalue weighted by Crippen LogP contribution is 2.24. The second-order valence-electron chi connectivity index (χ2n) is 7.53. The average Bonchev–Trinajstić information content (AvgIpc) is 2.25. The summed E-state index contributed by atoms with van der Waals surface area (Å²) in [4.78, 5) is 0. The zero-order valence-corrected chi connectivity index (χ0v) is 14.2. The molecular weight excluding hydrogens is 236 g/mol. The van der Waals surface area contributed by atoms with Crippen molar-refractivity contribution in [2.24, 2.45) is 10.8 Å². The van der Waals surface area contributed by atoms with Gasteiger partial charge in [0.05, 0.1) is 13.2 Å². The molecule has 0 aromatic heterocycles. The minimum absolute atomic E-state index is 0.251. The zero-order chi connectivity index (χ0) is 14.9. The SMILES string of the molecule is CNCCC(C)(C)COCC(C)(C)CCNC(C)C. The number of ether oxygens (including phenoxy) is 1. The van der Waals surface area contributed by atoms with Crippen LogP contribution in [0, 0.1) is 10.8 Å². The van der Waals surface area contributed by atoms with Crippen molar-refractivity contribution in [3.05, 3.63) is 0 Å². The summed E-state index contributed by atoms with van der Waals surface area (Å²) >= 11 is 0. The molecule has 0 rings (SSSR count). The third kappa shape index (κ3) is 11.4. The van der Waals surface area contributed by atoms with E-state index in [1.165, 1.54) is 0 Å². The van der Waals surface area contributed by atoms with Crippen LogP contribution in [0.4, 0.5) is 0 Å². The smallest absolute Gasteiger partial charge is 0.0517 e. The first-order valence-corrected chi connectivity index (χ1v) is 7.64. The molecule has 0 aromatic rings. The van der Waals surface area contributed by atoms with Gasteiger partial charge in [-0.1, -0.05) is 41.5 Å². The molecule has 116 valence electrons. The highest BCUT2D eigenvalue weighted by atomic mass is 16.5. The van der Waals surface area contributed by atoms with Crippen LogP contribution in [0.25, 0.3) is 0 Å². The quantitative estimate of drug-likeness (QED) is 0.606. The molecule has 0 fully saturated rings. The van der Waals surface area contributed by atoms with Gasteiger partial charge in [0.15, 0.2) is 0 Å². The van der Waals surface area contributed by atoms with Gasteiger partial charge in [-0.15, -0.1) is 0 Å². The third-order valence-electron chi connectivity index (χ3n) is 3.39. The summed E-state index contributed by atoms with van der Waals surface area (Å²) in [7, 11) is 2.00. The molecular formula is C16H36N2O. The van der Waals surface area contributed by atoms with E-state index in [4.69, 9.17) is 4.74 Å². The van der Waals surface area contributed by atoms with E-state index in [-0.39, 0.29) is 10.8 Å². The van der Waals surface area contributed by atoms with Crippen molar-refractivity contribution >= 4 is 0 Å². The Kier molecular flexibility index (Phi) is 8.88. The molecule has 0 heterocycles. The molecule has 0 bridgehead atoms. The van der Waals surface area contributed by atoms with Crippen LogP contribution in [-0.2, 0) is 4.74 Å². The van der Waals surface area contributed by atoms with Gasteiger partial charge in [-0.2, -0.15) is 0 Å². The average molecular weight is 272 g/mol. The lowest BCUT2D eigenvalue weighted by atomic mass is 9.89. The molecule has 0 aromatic carbocycles. The lowest BCUT2D eigenvalue weighted by Crippen LogP contribution is -2.31. The van der Waals surface area contributed by atoms with E-state index in [1.54, 1.807) is 0 Å². The molecule has 0 saturated heterocycles. The Hall–Kier alpha value is -0.120. The summed E-state index contributed by atoms with van der Waals surface area (Å²) in [6.07, 6.45) is 2.31. The fourth-order valence-corrected chi connectivity index (χ4v) is 1.91. The fourth-order valence-electron chi connectivity index (χ4n) is 1.91. The molecule has 0 amide bonds. The monoisotopic (exact) mass is 272 g/mol. The number of rotatable bonds is 11. The van der Waals surface area contributed by atoms with Gasteiger partial charge in [-0.05, 0) is 43.8 Å².